The van der Waals surface area contributed by atoms with E-state index in [1.807, 2.05) is 11.5 Å². The molecule has 0 aliphatic carbocycles. The molecule has 1 rings (SSSR count). The first-order valence-electron chi connectivity index (χ1n) is 5.74. The van der Waals surface area contributed by atoms with E-state index < -0.39 is 5.41 Å². The Balaban J connectivity index is 2.83. The maximum Gasteiger partial charge on any atom is 0.231 e. The Kier molecular flexibility index (Phi) is 5.14. The molecule has 0 saturated carbocycles. The van der Waals surface area contributed by atoms with Crippen molar-refractivity contribution in [1.29, 1.82) is 0 Å². The Hall–Kier alpha value is -1.79. The van der Waals surface area contributed by atoms with Gasteiger partial charge in [-0.3, -0.25) is 15.5 Å². The third-order valence-electron chi connectivity index (χ3n) is 2.27. The lowest BCUT2D eigenvalue weighted by Crippen LogP contribution is -2.38. The van der Waals surface area contributed by atoms with Crippen molar-refractivity contribution in [3.8, 4) is 0 Å². The molecule has 0 radical (unpaired) electrons. The number of aliphatic imine (C=N–C) groups is 1. The maximum absolute atomic E-state index is 11.7. The van der Waals surface area contributed by atoms with Crippen LogP contribution in [0.3, 0.4) is 0 Å². The largest absolute Gasteiger partial charge is 0.301 e. The van der Waals surface area contributed by atoms with Gasteiger partial charge in [-0.15, -0.1) is 0 Å². The van der Waals surface area contributed by atoms with Crippen LogP contribution in [0.5, 0.6) is 0 Å². The fourth-order valence-corrected chi connectivity index (χ4v) is 1.35. The van der Waals surface area contributed by atoms with Gasteiger partial charge in [-0.2, -0.15) is 0 Å². The van der Waals surface area contributed by atoms with Gasteiger partial charge < -0.3 is 5.32 Å². The maximum atomic E-state index is 11.7. The second kappa shape index (κ2) is 6.40. The Labute approximate surface area is 117 Å². The summed E-state index contributed by atoms with van der Waals surface area (Å²) in [7, 11) is 0. The summed E-state index contributed by atoms with van der Waals surface area (Å²) in [6.45, 7) is 5.32. The minimum Gasteiger partial charge on any atom is -0.301 e. The second-order valence-electron chi connectivity index (χ2n) is 4.95. The zero-order chi connectivity index (χ0) is 14.5. The smallest absolute Gasteiger partial charge is 0.231 e. The number of hydroxylamine groups is 1. The molecule has 0 fully saturated rings. The predicted octanol–water partition coefficient (Wildman–Crippen LogP) is 1.86. The van der Waals surface area contributed by atoms with Crippen LogP contribution in [0.1, 0.15) is 26.3 Å². The van der Waals surface area contributed by atoms with Crippen LogP contribution >= 0.6 is 12.2 Å². The van der Waals surface area contributed by atoms with Crippen LogP contribution in [0.25, 0.3) is 0 Å². The standard InChI is InChI=1S/C13H17N3O2S/c1-13(2,3)11(17)15-12(19)14-10(16-18)9-7-5-4-6-8-9/h4-8,18H,1-3H3,(H2,14,15,16,17,19). The highest BCUT2D eigenvalue weighted by Crippen LogP contribution is 2.12. The number of nitrogens with one attached hydrogen (secondary N) is 2. The fraction of sp³-hybridized carbons (Fsp3) is 0.308. The third kappa shape index (κ3) is 4.76. The molecule has 6 heteroatoms. The molecule has 19 heavy (non-hydrogen) atoms. The van der Waals surface area contributed by atoms with Crippen molar-refractivity contribution in [2.24, 2.45) is 10.4 Å². The van der Waals surface area contributed by atoms with Crippen molar-refractivity contribution in [2.75, 3.05) is 0 Å². The lowest BCUT2D eigenvalue weighted by molar-refractivity contribution is -0.126. The summed E-state index contributed by atoms with van der Waals surface area (Å²) in [5.74, 6) is -0.0496. The first-order valence-corrected chi connectivity index (χ1v) is 6.15. The highest BCUT2D eigenvalue weighted by atomic mass is 32.1. The normalized spacial score (nSPS) is 11.9. The van der Waals surface area contributed by atoms with Crippen LogP contribution < -0.4 is 10.8 Å². The molecule has 0 aromatic heterocycles. The monoisotopic (exact) mass is 279 g/mol. The average Bonchev–Trinajstić information content (AvgIpc) is 2.35. The molecule has 0 unspecified atom stereocenters. The number of benzene rings is 1. The number of hydrogen-bond acceptors (Lipinski definition) is 3. The summed E-state index contributed by atoms with van der Waals surface area (Å²) in [4.78, 5) is 15.7. The number of rotatable bonds is 1. The molecular formula is C13H17N3O2S. The van der Waals surface area contributed by atoms with E-state index in [0.29, 0.717) is 5.56 Å². The first kappa shape index (κ1) is 15.3. The van der Waals surface area contributed by atoms with Crippen molar-refractivity contribution < 1.29 is 10.0 Å². The molecule has 1 aromatic rings. The van der Waals surface area contributed by atoms with Crippen LogP contribution in [0, 0.1) is 5.41 Å². The number of nitrogens with zero attached hydrogens (tertiary/aromatic N) is 1. The molecule has 3 N–H and O–H groups in total. The Morgan fingerprint density at radius 3 is 2.32 bits per heavy atom. The quantitative estimate of drug-likeness (QED) is 0.317. The molecule has 102 valence electrons. The molecule has 0 bridgehead atoms. The van der Waals surface area contributed by atoms with Crippen molar-refractivity contribution in [2.45, 2.75) is 20.8 Å². The van der Waals surface area contributed by atoms with Gasteiger partial charge in [0.15, 0.2) is 5.84 Å². The lowest BCUT2D eigenvalue weighted by atomic mass is 9.96. The summed E-state index contributed by atoms with van der Waals surface area (Å²) in [6.07, 6.45) is 0. The molecule has 1 aromatic carbocycles. The molecule has 1 amide bonds. The van der Waals surface area contributed by atoms with Gasteiger partial charge in [-0.25, -0.2) is 4.99 Å². The highest BCUT2D eigenvalue weighted by molar-refractivity contribution is 7.80. The second-order valence-corrected chi connectivity index (χ2v) is 5.33. The van der Waals surface area contributed by atoms with E-state index in [2.05, 4.69) is 10.3 Å². The van der Waals surface area contributed by atoms with Crippen molar-refractivity contribution >= 4 is 29.1 Å². The number of carbonyl (C=O) groups excluding carboxylic acids is 1. The van der Waals surface area contributed by atoms with E-state index in [1.165, 1.54) is 0 Å². The van der Waals surface area contributed by atoms with Crippen molar-refractivity contribution in [1.82, 2.24) is 10.8 Å². The molecule has 5 nitrogen and oxygen atoms in total. The van der Waals surface area contributed by atoms with E-state index in [1.54, 1.807) is 45.0 Å². The number of carbonyl (C=O) groups is 1. The van der Waals surface area contributed by atoms with Gasteiger partial charge in [-0.05, 0) is 12.2 Å². The third-order valence-corrected chi connectivity index (χ3v) is 2.46. The van der Waals surface area contributed by atoms with Gasteiger partial charge in [0.1, 0.15) is 0 Å². The van der Waals surface area contributed by atoms with Crippen LogP contribution in [0.4, 0.5) is 0 Å². The molecule has 0 atom stereocenters. The molecular weight excluding hydrogens is 262 g/mol. The topological polar surface area (TPSA) is 73.7 Å². The summed E-state index contributed by atoms with van der Waals surface area (Å²) >= 11 is 4.97. The number of amides is 1. The van der Waals surface area contributed by atoms with E-state index in [-0.39, 0.29) is 16.9 Å². The SMILES string of the molecule is CC(C)(C)C(=O)NC(=S)/N=C(\NO)c1ccccc1. The van der Waals surface area contributed by atoms with Gasteiger partial charge in [-0.1, -0.05) is 51.1 Å². The Morgan fingerprint density at radius 1 is 1.26 bits per heavy atom. The summed E-state index contributed by atoms with van der Waals surface area (Å²) in [5, 5.41) is 11.6. The average molecular weight is 279 g/mol. The van der Waals surface area contributed by atoms with Crippen molar-refractivity contribution in [3.63, 3.8) is 0 Å². The van der Waals surface area contributed by atoms with Gasteiger partial charge in [0.25, 0.3) is 0 Å². The van der Waals surface area contributed by atoms with Gasteiger partial charge in [0.05, 0.1) is 0 Å². The zero-order valence-electron chi connectivity index (χ0n) is 11.1. The molecule has 0 aliphatic heterocycles. The zero-order valence-corrected chi connectivity index (χ0v) is 11.9. The van der Waals surface area contributed by atoms with Gasteiger partial charge in [0, 0.05) is 11.0 Å². The van der Waals surface area contributed by atoms with E-state index >= 15 is 0 Å². The number of hydrogen-bond donors (Lipinski definition) is 3. The van der Waals surface area contributed by atoms with Crippen LogP contribution in [-0.2, 0) is 4.79 Å². The number of thiocarbonyl (C=S) groups is 1. The summed E-state index contributed by atoms with van der Waals surface area (Å²) in [6, 6.07) is 8.97. The van der Waals surface area contributed by atoms with Gasteiger partial charge in [0.2, 0.25) is 11.0 Å². The molecule has 0 spiro atoms. The summed E-state index contributed by atoms with van der Waals surface area (Å²) in [5.41, 5.74) is 2.08. The van der Waals surface area contributed by atoms with E-state index in [0.717, 1.165) is 0 Å². The highest BCUT2D eigenvalue weighted by Gasteiger charge is 2.22. The van der Waals surface area contributed by atoms with Crippen LogP contribution in [0.15, 0.2) is 35.3 Å². The molecule has 0 saturated heterocycles. The fourth-order valence-electron chi connectivity index (χ4n) is 1.16. The van der Waals surface area contributed by atoms with Crippen LogP contribution in [-0.4, -0.2) is 22.1 Å². The van der Waals surface area contributed by atoms with Crippen molar-refractivity contribution in [3.05, 3.63) is 35.9 Å². The van der Waals surface area contributed by atoms with Crippen LogP contribution in [0.2, 0.25) is 0 Å². The van der Waals surface area contributed by atoms with E-state index in [4.69, 9.17) is 17.4 Å². The summed E-state index contributed by atoms with van der Waals surface area (Å²) < 4.78 is 0. The Bertz CT molecular complexity index is 492. The minimum absolute atomic E-state index is 0.000304. The number of amidine groups is 1. The van der Waals surface area contributed by atoms with Gasteiger partial charge >= 0.3 is 0 Å². The molecule has 0 heterocycles. The predicted molar refractivity (Wildman–Crippen MR) is 78.1 cm³/mol. The van der Waals surface area contributed by atoms with E-state index in [9.17, 15) is 4.79 Å². The lowest BCUT2D eigenvalue weighted by Gasteiger charge is -2.16. The Morgan fingerprint density at radius 2 is 1.84 bits per heavy atom. The molecule has 0 aliphatic rings. The first-order chi connectivity index (χ1) is 8.84. The minimum atomic E-state index is -0.556.